The summed E-state index contributed by atoms with van der Waals surface area (Å²) in [6.45, 7) is 3.83. The molecule has 5 heteroatoms. The lowest BCUT2D eigenvalue weighted by atomic mass is 10.0. The lowest BCUT2D eigenvalue weighted by Crippen LogP contribution is -2.37. The number of unbranched alkanes of at least 4 members (excludes halogenated alkanes) is 13. The van der Waals surface area contributed by atoms with Crippen LogP contribution in [0.4, 0.5) is 0 Å². The molecule has 0 aliphatic rings. The molecule has 0 bridgehead atoms. The van der Waals surface area contributed by atoms with E-state index in [1.807, 2.05) is 0 Å². The molecule has 0 aromatic carbocycles. The number of aliphatic hydroxyl groups is 1. The Kier molecular flexibility index (Phi) is 14.0. The summed E-state index contributed by atoms with van der Waals surface area (Å²) < 4.78 is 31.4. The lowest BCUT2D eigenvalue weighted by molar-refractivity contribution is 0.0965. The first kappa shape index (κ1) is 23.9. The van der Waals surface area contributed by atoms with Crippen molar-refractivity contribution in [1.82, 2.24) is 0 Å². The molecule has 2 N–H and O–H groups in total. The Morgan fingerprint density at radius 3 is 1.29 bits per heavy atom. The zero-order valence-corrected chi connectivity index (χ0v) is 16.7. The highest BCUT2D eigenvalue weighted by Gasteiger charge is 2.37. The Bertz CT molecular complexity index is 381. The van der Waals surface area contributed by atoms with Gasteiger partial charge >= 0.3 is 0 Å². The molecule has 0 rings (SSSR count). The molecule has 0 saturated carbocycles. The first-order chi connectivity index (χ1) is 11.4. The van der Waals surface area contributed by atoms with Gasteiger partial charge in [-0.05, 0) is 19.3 Å². The number of hydrogen-bond acceptors (Lipinski definition) is 3. The van der Waals surface area contributed by atoms with Crippen molar-refractivity contribution < 1.29 is 18.1 Å². The van der Waals surface area contributed by atoms with Crippen molar-refractivity contribution in [2.45, 2.75) is 122 Å². The molecule has 24 heavy (non-hydrogen) atoms. The average molecular weight is 365 g/mol. The molecule has 4 nitrogen and oxygen atoms in total. The van der Waals surface area contributed by atoms with E-state index in [0.29, 0.717) is 6.42 Å². The van der Waals surface area contributed by atoms with Gasteiger partial charge in [0.25, 0.3) is 10.1 Å². The minimum absolute atomic E-state index is 0.0320. The van der Waals surface area contributed by atoms with Crippen molar-refractivity contribution >= 4 is 10.1 Å². The summed E-state index contributed by atoms with van der Waals surface area (Å²) in [5.74, 6) is 0. The van der Waals surface area contributed by atoms with E-state index in [9.17, 15) is 13.5 Å². The Labute approximate surface area is 150 Å². The quantitative estimate of drug-likeness (QED) is 0.251. The van der Waals surface area contributed by atoms with Gasteiger partial charge in [-0.25, -0.2) is 0 Å². The van der Waals surface area contributed by atoms with E-state index >= 15 is 0 Å². The van der Waals surface area contributed by atoms with E-state index in [0.717, 1.165) is 12.8 Å². The summed E-state index contributed by atoms with van der Waals surface area (Å²) in [4.78, 5) is -1.95. The predicted molar refractivity (Wildman–Crippen MR) is 102 cm³/mol. The first-order valence-corrected chi connectivity index (χ1v) is 11.5. The van der Waals surface area contributed by atoms with E-state index < -0.39 is 15.1 Å². The Morgan fingerprint density at radius 2 is 1.00 bits per heavy atom. The average Bonchev–Trinajstić information content (AvgIpc) is 2.53. The third-order valence-electron chi connectivity index (χ3n) is 4.95. The fourth-order valence-electron chi connectivity index (χ4n) is 3.08. The molecule has 0 radical (unpaired) electrons. The normalized spacial score (nSPS) is 14.7. The summed E-state index contributed by atoms with van der Waals surface area (Å²) >= 11 is 0. The van der Waals surface area contributed by atoms with Crippen LogP contribution in [0.15, 0.2) is 0 Å². The van der Waals surface area contributed by atoms with E-state index in [-0.39, 0.29) is 12.8 Å². The molecule has 0 spiro atoms. The zero-order valence-electron chi connectivity index (χ0n) is 15.9. The molecule has 0 aromatic rings. The van der Waals surface area contributed by atoms with E-state index in [1.165, 1.54) is 70.6 Å². The lowest BCUT2D eigenvalue weighted by Gasteiger charge is -2.22. The van der Waals surface area contributed by atoms with Gasteiger partial charge in [0.15, 0.2) is 4.93 Å². The van der Waals surface area contributed by atoms with Crippen LogP contribution >= 0.6 is 0 Å². The maximum atomic E-state index is 11.2. The minimum atomic E-state index is -4.38. The standard InChI is InChI=1S/C19H40O4S/c1-3-5-6-7-8-9-10-11-12-13-14-15-16-17-18-19(20,4-2)24(21,22)23/h20H,3-18H2,1-2H3,(H,21,22,23). The molecule has 1 atom stereocenters. The van der Waals surface area contributed by atoms with Gasteiger partial charge in [0.05, 0.1) is 0 Å². The van der Waals surface area contributed by atoms with Crippen LogP contribution < -0.4 is 0 Å². The van der Waals surface area contributed by atoms with Crippen molar-refractivity contribution in [3.63, 3.8) is 0 Å². The Morgan fingerprint density at radius 1 is 0.667 bits per heavy atom. The van der Waals surface area contributed by atoms with Gasteiger partial charge in [-0.1, -0.05) is 97.3 Å². The van der Waals surface area contributed by atoms with Crippen LogP contribution in [-0.4, -0.2) is 23.0 Å². The maximum absolute atomic E-state index is 11.2. The highest BCUT2D eigenvalue weighted by Crippen LogP contribution is 2.25. The minimum Gasteiger partial charge on any atom is -0.372 e. The van der Waals surface area contributed by atoms with Crippen LogP contribution in [0.5, 0.6) is 0 Å². The SMILES string of the molecule is CCCCCCCCCCCCCCCCC(O)(CC)S(=O)(=O)O. The molecule has 0 saturated heterocycles. The predicted octanol–water partition coefficient (Wildman–Crippen LogP) is 5.84. The second-order valence-electron chi connectivity index (χ2n) is 7.12. The maximum Gasteiger partial charge on any atom is 0.294 e. The number of hydrogen-bond donors (Lipinski definition) is 2. The molecular weight excluding hydrogens is 324 g/mol. The van der Waals surface area contributed by atoms with Crippen molar-refractivity contribution in [2.24, 2.45) is 0 Å². The van der Waals surface area contributed by atoms with Crippen LogP contribution in [0.3, 0.4) is 0 Å². The number of rotatable bonds is 17. The van der Waals surface area contributed by atoms with E-state index in [2.05, 4.69) is 6.92 Å². The molecule has 0 aromatic heterocycles. The molecular formula is C19H40O4S. The van der Waals surface area contributed by atoms with E-state index in [1.54, 1.807) is 6.92 Å². The molecule has 0 heterocycles. The van der Waals surface area contributed by atoms with Gasteiger partial charge < -0.3 is 5.11 Å². The van der Waals surface area contributed by atoms with Gasteiger partial charge in [-0.2, -0.15) is 8.42 Å². The van der Waals surface area contributed by atoms with Crippen molar-refractivity contribution in [3.05, 3.63) is 0 Å². The van der Waals surface area contributed by atoms with Crippen LogP contribution in [0, 0.1) is 0 Å². The van der Waals surface area contributed by atoms with Crippen LogP contribution in [0.25, 0.3) is 0 Å². The van der Waals surface area contributed by atoms with Crippen molar-refractivity contribution in [1.29, 1.82) is 0 Å². The van der Waals surface area contributed by atoms with Gasteiger partial charge in [0.1, 0.15) is 0 Å². The Hall–Kier alpha value is -0.130. The third-order valence-corrected chi connectivity index (χ3v) is 6.41. The first-order valence-electron chi connectivity index (χ1n) is 10.1. The van der Waals surface area contributed by atoms with E-state index in [4.69, 9.17) is 4.55 Å². The topological polar surface area (TPSA) is 74.6 Å². The van der Waals surface area contributed by atoms with Crippen LogP contribution in [-0.2, 0) is 10.1 Å². The molecule has 0 aliphatic carbocycles. The summed E-state index contributed by atoms with van der Waals surface area (Å²) in [5.41, 5.74) is 0. The fraction of sp³-hybridized carbons (Fsp3) is 1.00. The second-order valence-corrected chi connectivity index (χ2v) is 8.83. The summed E-state index contributed by atoms with van der Waals surface area (Å²) in [6, 6.07) is 0. The van der Waals surface area contributed by atoms with Gasteiger partial charge in [-0.3, -0.25) is 4.55 Å². The molecule has 0 amide bonds. The molecule has 0 aliphatic heterocycles. The second kappa shape index (κ2) is 14.1. The fourth-order valence-corrected chi connectivity index (χ4v) is 3.85. The largest absolute Gasteiger partial charge is 0.372 e. The zero-order chi connectivity index (χ0) is 18.3. The van der Waals surface area contributed by atoms with Gasteiger partial charge in [0, 0.05) is 0 Å². The van der Waals surface area contributed by atoms with Crippen molar-refractivity contribution in [2.75, 3.05) is 0 Å². The summed E-state index contributed by atoms with van der Waals surface area (Å²) in [5, 5.41) is 9.91. The molecule has 1 unspecified atom stereocenters. The monoisotopic (exact) mass is 364 g/mol. The van der Waals surface area contributed by atoms with Crippen LogP contribution in [0.1, 0.15) is 117 Å². The smallest absolute Gasteiger partial charge is 0.294 e. The summed E-state index contributed by atoms with van der Waals surface area (Å²) in [7, 11) is -4.38. The molecule has 146 valence electrons. The highest BCUT2D eigenvalue weighted by atomic mass is 32.2. The highest BCUT2D eigenvalue weighted by molar-refractivity contribution is 7.87. The van der Waals surface area contributed by atoms with Crippen LogP contribution in [0.2, 0.25) is 0 Å². The third kappa shape index (κ3) is 11.4. The summed E-state index contributed by atoms with van der Waals surface area (Å²) in [6.07, 6.45) is 17.4. The van der Waals surface area contributed by atoms with Crippen molar-refractivity contribution in [3.8, 4) is 0 Å². The Balaban J connectivity index is 3.40. The molecule has 0 fully saturated rings. The van der Waals surface area contributed by atoms with Gasteiger partial charge in [0.2, 0.25) is 0 Å². The van der Waals surface area contributed by atoms with Gasteiger partial charge in [-0.15, -0.1) is 0 Å².